The van der Waals surface area contributed by atoms with Crippen molar-refractivity contribution >= 4 is 5.78 Å². The topological polar surface area (TPSA) is 29.5 Å². The molecule has 3 nitrogen and oxygen atoms in total. The van der Waals surface area contributed by atoms with Crippen LogP contribution in [0.5, 0.6) is 5.75 Å². The Kier molecular flexibility index (Phi) is 5.14. The van der Waals surface area contributed by atoms with Crippen LogP contribution in [0.15, 0.2) is 18.2 Å². The molecule has 1 aliphatic heterocycles. The number of aryl methyl sites for hydroxylation is 1. The highest BCUT2D eigenvalue weighted by atomic mass is 16.5. The van der Waals surface area contributed by atoms with Crippen LogP contribution >= 0.6 is 0 Å². The Hall–Kier alpha value is -1.35. The van der Waals surface area contributed by atoms with Crippen molar-refractivity contribution in [2.45, 2.75) is 45.4 Å². The second kappa shape index (κ2) is 7.28. The lowest BCUT2D eigenvalue weighted by molar-refractivity contribution is 0.0879. The number of carbonyl (C=O) groups excluding carboxylic acids is 1. The van der Waals surface area contributed by atoms with Crippen molar-refractivity contribution in [2.24, 2.45) is 5.92 Å². The van der Waals surface area contributed by atoms with Gasteiger partial charge in [0.15, 0.2) is 5.78 Å². The Morgan fingerprint density at radius 2 is 2.05 bits per heavy atom. The maximum Gasteiger partial charge on any atom is 0.166 e. The van der Waals surface area contributed by atoms with Crippen molar-refractivity contribution < 1.29 is 9.53 Å². The lowest BCUT2D eigenvalue weighted by Crippen LogP contribution is -2.33. The monoisotopic (exact) mass is 301 g/mol. The quantitative estimate of drug-likeness (QED) is 0.830. The summed E-state index contributed by atoms with van der Waals surface area (Å²) in [6, 6.07) is 5.96. The maximum absolute atomic E-state index is 12.7. The van der Waals surface area contributed by atoms with Crippen LogP contribution in [0.2, 0.25) is 0 Å². The van der Waals surface area contributed by atoms with Gasteiger partial charge in [0.1, 0.15) is 5.75 Å². The van der Waals surface area contributed by atoms with Crippen LogP contribution < -0.4 is 4.74 Å². The van der Waals surface area contributed by atoms with Gasteiger partial charge in [-0.1, -0.05) is 6.42 Å². The molecule has 0 N–H and O–H groups in total. The van der Waals surface area contributed by atoms with Crippen molar-refractivity contribution in [1.82, 2.24) is 4.90 Å². The van der Waals surface area contributed by atoms with Gasteiger partial charge in [-0.15, -0.1) is 0 Å². The summed E-state index contributed by atoms with van der Waals surface area (Å²) in [5.74, 6) is 1.45. The largest absolute Gasteiger partial charge is 0.494 e. The first kappa shape index (κ1) is 15.5. The van der Waals surface area contributed by atoms with Gasteiger partial charge in [0.2, 0.25) is 0 Å². The van der Waals surface area contributed by atoms with Gasteiger partial charge in [0.25, 0.3) is 0 Å². The van der Waals surface area contributed by atoms with Gasteiger partial charge < -0.3 is 9.64 Å². The highest BCUT2D eigenvalue weighted by Gasteiger charge is 2.28. The van der Waals surface area contributed by atoms with E-state index in [0.717, 1.165) is 37.1 Å². The zero-order valence-electron chi connectivity index (χ0n) is 13.6. The number of hydrogen-bond donors (Lipinski definition) is 0. The first-order valence-electron chi connectivity index (χ1n) is 8.80. The smallest absolute Gasteiger partial charge is 0.166 e. The number of rotatable bonds is 5. The Labute approximate surface area is 133 Å². The molecule has 1 aromatic carbocycles. The summed E-state index contributed by atoms with van der Waals surface area (Å²) in [5, 5.41) is 0. The minimum Gasteiger partial charge on any atom is -0.494 e. The van der Waals surface area contributed by atoms with E-state index in [1.165, 1.54) is 37.9 Å². The number of likely N-dealkylation sites (tertiary alicyclic amines) is 1. The highest BCUT2D eigenvalue weighted by molar-refractivity contribution is 6.00. The van der Waals surface area contributed by atoms with E-state index in [1.54, 1.807) is 0 Å². The van der Waals surface area contributed by atoms with Crippen molar-refractivity contribution in [2.75, 3.05) is 26.2 Å². The van der Waals surface area contributed by atoms with E-state index in [4.69, 9.17) is 4.74 Å². The number of nitrogens with zero attached hydrogens (tertiary/aromatic N) is 1. The zero-order valence-corrected chi connectivity index (χ0v) is 13.6. The molecule has 1 fully saturated rings. The van der Waals surface area contributed by atoms with Gasteiger partial charge in [0, 0.05) is 11.5 Å². The molecule has 1 aliphatic carbocycles. The third-order valence-corrected chi connectivity index (χ3v) is 5.03. The molecule has 22 heavy (non-hydrogen) atoms. The van der Waals surface area contributed by atoms with Gasteiger partial charge >= 0.3 is 0 Å². The number of ether oxygens (including phenoxy) is 1. The highest BCUT2D eigenvalue weighted by Crippen LogP contribution is 2.30. The van der Waals surface area contributed by atoms with Gasteiger partial charge in [-0.2, -0.15) is 0 Å². The molecule has 0 radical (unpaired) electrons. The standard InChI is InChI=1S/C19H27NO2/c1-2-22-17-8-9-18-16(14-17)7-6-15(19(18)21)10-13-20-11-4-3-5-12-20/h8-9,14-15H,2-7,10-13H2,1H3. The molecule has 1 heterocycles. The van der Waals surface area contributed by atoms with Crippen LogP contribution in [0.25, 0.3) is 0 Å². The summed E-state index contributed by atoms with van der Waals surface area (Å²) in [7, 11) is 0. The third kappa shape index (κ3) is 3.52. The van der Waals surface area contributed by atoms with Gasteiger partial charge in [-0.25, -0.2) is 0 Å². The van der Waals surface area contributed by atoms with Crippen LogP contribution in [-0.4, -0.2) is 36.9 Å². The minimum atomic E-state index is 0.215. The Balaban J connectivity index is 1.61. The number of benzene rings is 1. The number of piperidine rings is 1. The Bertz CT molecular complexity index is 520. The number of Topliss-reactive ketones (excluding diaryl/α,β-unsaturated/α-hetero) is 1. The van der Waals surface area contributed by atoms with Crippen LogP contribution in [-0.2, 0) is 6.42 Å². The average Bonchev–Trinajstić information content (AvgIpc) is 2.55. The van der Waals surface area contributed by atoms with E-state index in [2.05, 4.69) is 11.0 Å². The molecule has 1 aromatic rings. The molecule has 2 aliphatic rings. The van der Waals surface area contributed by atoms with Gasteiger partial charge in [0.05, 0.1) is 6.61 Å². The zero-order chi connectivity index (χ0) is 15.4. The molecular weight excluding hydrogens is 274 g/mol. The summed E-state index contributed by atoms with van der Waals surface area (Å²) in [6.07, 6.45) is 7.03. The Morgan fingerprint density at radius 1 is 1.23 bits per heavy atom. The first-order chi connectivity index (χ1) is 10.8. The molecule has 0 amide bonds. The summed E-state index contributed by atoms with van der Waals surface area (Å²) in [6.45, 7) is 6.18. The van der Waals surface area contributed by atoms with Crippen LogP contribution in [0, 0.1) is 5.92 Å². The molecule has 1 saturated heterocycles. The number of ketones is 1. The SMILES string of the molecule is CCOc1ccc2c(c1)CCC(CCN1CCCCC1)C2=O. The predicted octanol–water partition coefficient (Wildman–Crippen LogP) is 3.71. The summed E-state index contributed by atoms with van der Waals surface area (Å²) < 4.78 is 5.54. The van der Waals surface area contributed by atoms with E-state index < -0.39 is 0 Å². The maximum atomic E-state index is 12.7. The number of carbonyl (C=O) groups is 1. The average molecular weight is 301 g/mol. The van der Waals surface area contributed by atoms with Crippen molar-refractivity contribution in [3.63, 3.8) is 0 Å². The Morgan fingerprint density at radius 3 is 2.82 bits per heavy atom. The van der Waals surface area contributed by atoms with Crippen molar-refractivity contribution in [3.05, 3.63) is 29.3 Å². The van der Waals surface area contributed by atoms with E-state index >= 15 is 0 Å². The van der Waals surface area contributed by atoms with E-state index in [-0.39, 0.29) is 5.92 Å². The van der Waals surface area contributed by atoms with Gasteiger partial charge in [-0.05, 0) is 82.4 Å². The molecule has 3 heteroatoms. The molecule has 1 unspecified atom stereocenters. The number of hydrogen-bond acceptors (Lipinski definition) is 3. The molecule has 0 saturated carbocycles. The lowest BCUT2D eigenvalue weighted by Gasteiger charge is -2.29. The molecule has 120 valence electrons. The predicted molar refractivity (Wildman–Crippen MR) is 88.7 cm³/mol. The van der Waals surface area contributed by atoms with Crippen LogP contribution in [0.1, 0.15) is 54.9 Å². The molecule has 0 spiro atoms. The second-order valence-electron chi connectivity index (χ2n) is 6.54. The molecule has 1 atom stereocenters. The lowest BCUT2D eigenvalue weighted by atomic mass is 9.81. The molecule has 0 bridgehead atoms. The van der Waals surface area contributed by atoms with Gasteiger partial charge in [-0.3, -0.25) is 4.79 Å². The molecule has 0 aromatic heterocycles. The van der Waals surface area contributed by atoms with E-state index in [0.29, 0.717) is 12.4 Å². The minimum absolute atomic E-state index is 0.215. The summed E-state index contributed by atoms with van der Waals surface area (Å²) >= 11 is 0. The van der Waals surface area contributed by atoms with E-state index in [9.17, 15) is 4.79 Å². The van der Waals surface area contributed by atoms with Crippen LogP contribution in [0.4, 0.5) is 0 Å². The fourth-order valence-electron chi connectivity index (χ4n) is 3.75. The molecule has 3 rings (SSSR count). The molecular formula is C19H27NO2. The van der Waals surface area contributed by atoms with Crippen molar-refractivity contribution in [1.29, 1.82) is 0 Å². The van der Waals surface area contributed by atoms with E-state index in [1.807, 2.05) is 19.1 Å². The first-order valence-corrected chi connectivity index (χ1v) is 8.80. The normalized spacial score (nSPS) is 22.4. The summed E-state index contributed by atoms with van der Waals surface area (Å²) in [4.78, 5) is 15.2. The van der Waals surface area contributed by atoms with Crippen LogP contribution in [0.3, 0.4) is 0 Å². The summed E-state index contributed by atoms with van der Waals surface area (Å²) in [5.41, 5.74) is 2.10. The number of fused-ring (bicyclic) bond motifs is 1. The fraction of sp³-hybridized carbons (Fsp3) is 0.632. The fourth-order valence-corrected chi connectivity index (χ4v) is 3.75. The third-order valence-electron chi connectivity index (χ3n) is 5.03. The second-order valence-corrected chi connectivity index (χ2v) is 6.54. The van der Waals surface area contributed by atoms with Crippen molar-refractivity contribution in [3.8, 4) is 5.75 Å².